The Hall–Kier alpha value is -2.99. The molecule has 3 rings (SSSR count). The van der Waals surface area contributed by atoms with Crippen molar-refractivity contribution in [3.63, 3.8) is 0 Å². The number of nitrogens with zero attached hydrogens (tertiary/aromatic N) is 1. The van der Waals surface area contributed by atoms with Crippen LogP contribution in [0.3, 0.4) is 0 Å². The highest BCUT2D eigenvalue weighted by atomic mass is 35.5. The highest BCUT2D eigenvalue weighted by Gasteiger charge is 2.12. The quantitative estimate of drug-likeness (QED) is 0.494. The molecule has 0 fully saturated rings. The van der Waals surface area contributed by atoms with Crippen LogP contribution in [0, 0.1) is 0 Å². The van der Waals surface area contributed by atoms with Crippen LogP contribution in [0.2, 0.25) is 0 Å². The molecule has 2 aromatic carbocycles. The van der Waals surface area contributed by atoms with Crippen LogP contribution in [-0.2, 0) is 6.61 Å². The number of H-pyrrole nitrogens is 1. The third-order valence-electron chi connectivity index (χ3n) is 3.57. The minimum absolute atomic E-state index is 0. The lowest BCUT2D eigenvalue weighted by Gasteiger charge is -2.07. The van der Waals surface area contributed by atoms with Gasteiger partial charge in [-0.15, -0.1) is 12.4 Å². The molecule has 4 N–H and O–H groups in total. The summed E-state index contributed by atoms with van der Waals surface area (Å²) >= 11 is 0. The molecule has 0 spiro atoms. The minimum Gasteiger partial charge on any atom is -0.488 e. The van der Waals surface area contributed by atoms with E-state index in [0.29, 0.717) is 18.1 Å². The molecule has 0 radical (unpaired) electrons. The molecule has 0 atom stereocenters. The van der Waals surface area contributed by atoms with Crippen LogP contribution >= 0.6 is 12.4 Å². The molecule has 6 nitrogen and oxygen atoms in total. The number of aromatic nitrogens is 1. The molecule has 1 aromatic heterocycles. The maximum atomic E-state index is 12.1. The monoisotopic (exact) mass is 358 g/mol. The van der Waals surface area contributed by atoms with E-state index in [1.165, 1.54) is 0 Å². The fraction of sp³-hybridized carbons (Fsp3) is 0.111. The predicted octanol–water partition coefficient (Wildman–Crippen LogP) is 2.84. The SMILES string of the molecule is CNC(N)=NC(=O)c1cc2c(OCc3ccccc3)cccc2[nH]1.Cl. The van der Waals surface area contributed by atoms with Crippen molar-refractivity contribution < 1.29 is 9.53 Å². The summed E-state index contributed by atoms with van der Waals surface area (Å²) in [5.41, 5.74) is 7.77. The van der Waals surface area contributed by atoms with Gasteiger partial charge in [0, 0.05) is 18.0 Å². The third-order valence-corrected chi connectivity index (χ3v) is 3.57. The molecular formula is C18H19ClN4O2. The number of amides is 1. The molecule has 3 aromatic rings. The van der Waals surface area contributed by atoms with Crippen LogP contribution < -0.4 is 15.8 Å². The Labute approximate surface area is 151 Å². The first-order valence-electron chi connectivity index (χ1n) is 7.52. The number of fused-ring (bicyclic) bond motifs is 1. The maximum Gasteiger partial charge on any atom is 0.296 e. The molecule has 0 bridgehead atoms. The number of aliphatic imine (C=N–C) groups is 1. The number of carbonyl (C=O) groups is 1. The minimum atomic E-state index is -0.438. The molecule has 1 heterocycles. The summed E-state index contributed by atoms with van der Waals surface area (Å²) in [5.74, 6) is 0.337. The van der Waals surface area contributed by atoms with E-state index in [2.05, 4.69) is 15.3 Å². The van der Waals surface area contributed by atoms with E-state index in [-0.39, 0.29) is 18.4 Å². The molecular weight excluding hydrogens is 340 g/mol. The number of hydrogen-bond acceptors (Lipinski definition) is 2. The number of nitrogens with two attached hydrogens (primary N) is 1. The molecule has 25 heavy (non-hydrogen) atoms. The van der Waals surface area contributed by atoms with Crippen molar-refractivity contribution in [2.24, 2.45) is 10.7 Å². The highest BCUT2D eigenvalue weighted by molar-refractivity contribution is 6.04. The average molecular weight is 359 g/mol. The Morgan fingerprint density at radius 2 is 1.96 bits per heavy atom. The van der Waals surface area contributed by atoms with Gasteiger partial charge in [0.1, 0.15) is 18.1 Å². The second kappa shape index (κ2) is 8.21. The summed E-state index contributed by atoms with van der Waals surface area (Å²) in [5, 5.41) is 3.45. The van der Waals surface area contributed by atoms with Gasteiger partial charge in [0.2, 0.25) is 0 Å². The van der Waals surface area contributed by atoms with Gasteiger partial charge >= 0.3 is 0 Å². The van der Waals surface area contributed by atoms with Crippen LogP contribution in [0.1, 0.15) is 16.1 Å². The van der Waals surface area contributed by atoms with E-state index in [0.717, 1.165) is 16.5 Å². The first-order chi connectivity index (χ1) is 11.7. The number of carbonyl (C=O) groups excluding carboxylic acids is 1. The summed E-state index contributed by atoms with van der Waals surface area (Å²) in [6, 6.07) is 17.3. The summed E-state index contributed by atoms with van der Waals surface area (Å²) in [6.45, 7) is 0.458. The molecule has 0 saturated carbocycles. The first-order valence-corrected chi connectivity index (χ1v) is 7.52. The average Bonchev–Trinajstić information content (AvgIpc) is 3.05. The number of hydrogen-bond donors (Lipinski definition) is 3. The van der Waals surface area contributed by atoms with Crippen LogP contribution in [-0.4, -0.2) is 23.9 Å². The van der Waals surface area contributed by atoms with E-state index in [1.54, 1.807) is 13.1 Å². The number of aromatic amines is 1. The van der Waals surface area contributed by atoms with E-state index in [9.17, 15) is 4.79 Å². The van der Waals surface area contributed by atoms with Gasteiger partial charge in [-0.2, -0.15) is 4.99 Å². The zero-order valence-electron chi connectivity index (χ0n) is 13.7. The number of rotatable bonds is 4. The van der Waals surface area contributed by atoms with Gasteiger partial charge in [-0.3, -0.25) is 4.79 Å². The second-order valence-corrected chi connectivity index (χ2v) is 5.23. The van der Waals surface area contributed by atoms with E-state index in [1.807, 2.05) is 48.5 Å². The molecule has 1 amide bonds. The summed E-state index contributed by atoms with van der Waals surface area (Å²) < 4.78 is 5.90. The molecule has 130 valence electrons. The van der Waals surface area contributed by atoms with Gasteiger partial charge in [-0.05, 0) is 23.8 Å². The Balaban J connectivity index is 0.00000225. The van der Waals surface area contributed by atoms with Crippen molar-refractivity contribution in [1.82, 2.24) is 10.3 Å². The van der Waals surface area contributed by atoms with Crippen molar-refractivity contribution in [1.29, 1.82) is 0 Å². The molecule has 0 saturated heterocycles. The number of ether oxygens (including phenoxy) is 1. The Bertz CT molecular complexity index is 890. The molecule has 0 aliphatic heterocycles. The van der Waals surface area contributed by atoms with Crippen LogP contribution in [0.15, 0.2) is 59.6 Å². The number of halogens is 1. The van der Waals surface area contributed by atoms with Gasteiger partial charge < -0.3 is 20.8 Å². The lowest BCUT2D eigenvalue weighted by molar-refractivity contribution is 0.0998. The lowest BCUT2D eigenvalue weighted by atomic mass is 10.2. The van der Waals surface area contributed by atoms with Gasteiger partial charge in [0.15, 0.2) is 5.96 Å². The predicted molar refractivity (Wildman–Crippen MR) is 101 cm³/mol. The van der Waals surface area contributed by atoms with Crippen molar-refractivity contribution >= 4 is 35.2 Å². The van der Waals surface area contributed by atoms with Crippen LogP contribution in [0.4, 0.5) is 0 Å². The van der Waals surface area contributed by atoms with Gasteiger partial charge in [-0.25, -0.2) is 0 Å². The van der Waals surface area contributed by atoms with Crippen molar-refractivity contribution in [3.8, 4) is 5.75 Å². The number of guanidine groups is 1. The normalized spacial score (nSPS) is 11.0. The zero-order chi connectivity index (χ0) is 16.9. The summed E-state index contributed by atoms with van der Waals surface area (Å²) in [7, 11) is 1.60. The number of nitrogens with one attached hydrogen (secondary N) is 2. The van der Waals surface area contributed by atoms with Crippen LogP contribution in [0.5, 0.6) is 5.75 Å². The zero-order valence-corrected chi connectivity index (χ0v) is 14.5. The standard InChI is InChI=1S/C18H18N4O2.ClH/c1-20-18(19)22-17(23)15-10-13-14(21-15)8-5-9-16(13)24-11-12-6-3-2-4-7-12;/h2-10,21H,11H2,1H3,(H3,19,20,22,23);1H. The van der Waals surface area contributed by atoms with Crippen molar-refractivity contribution in [2.45, 2.75) is 6.61 Å². The largest absolute Gasteiger partial charge is 0.488 e. The van der Waals surface area contributed by atoms with Crippen LogP contribution in [0.25, 0.3) is 10.9 Å². The van der Waals surface area contributed by atoms with E-state index < -0.39 is 5.91 Å². The molecule has 0 unspecified atom stereocenters. The Morgan fingerprint density at radius 3 is 2.68 bits per heavy atom. The molecule has 7 heteroatoms. The lowest BCUT2D eigenvalue weighted by Crippen LogP contribution is -2.28. The fourth-order valence-electron chi connectivity index (χ4n) is 2.33. The second-order valence-electron chi connectivity index (χ2n) is 5.23. The van der Waals surface area contributed by atoms with Crippen molar-refractivity contribution in [3.05, 3.63) is 65.9 Å². The summed E-state index contributed by atoms with van der Waals surface area (Å²) in [6.07, 6.45) is 0. The highest BCUT2D eigenvalue weighted by Crippen LogP contribution is 2.27. The summed E-state index contributed by atoms with van der Waals surface area (Å²) in [4.78, 5) is 18.9. The first kappa shape index (κ1) is 18.4. The Morgan fingerprint density at radius 1 is 1.20 bits per heavy atom. The molecule has 0 aliphatic carbocycles. The Kier molecular flexibility index (Phi) is 6.03. The topological polar surface area (TPSA) is 92.5 Å². The van der Waals surface area contributed by atoms with Gasteiger partial charge in [0.25, 0.3) is 5.91 Å². The molecule has 0 aliphatic rings. The van der Waals surface area contributed by atoms with Gasteiger partial charge in [0.05, 0.1) is 0 Å². The van der Waals surface area contributed by atoms with E-state index >= 15 is 0 Å². The maximum absolute atomic E-state index is 12.1. The van der Waals surface area contributed by atoms with Gasteiger partial charge in [-0.1, -0.05) is 36.4 Å². The van der Waals surface area contributed by atoms with Crippen molar-refractivity contribution in [2.75, 3.05) is 7.05 Å². The third kappa shape index (κ3) is 4.30. The van der Waals surface area contributed by atoms with E-state index in [4.69, 9.17) is 10.5 Å². The smallest absolute Gasteiger partial charge is 0.296 e. The number of benzene rings is 2. The fourth-order valence-corrected chi connectivity index (χ4v) is 2.33.